The van der Waals surface area contributed by atoms with Gasteiger partial charge in [-0.3, -0.25) is 0 Å². The van der Waals surface area contributed by atoms with E-state index < -0.39 is 0 Å². The second-order valence-electron chi connectivity index (χ2n) is 3.41. The fourth-order valence-electron chi connectivity index (χ4n) is 1.40. The van der Waals surface area contributed by atoms with Crippen molar-refractivity contribution in [3.05, 3.63) is 53.9 Å². The lowest BCUT2D eigenvalue weighted by Gasteiger charge is -2.09. The molecule has 0 fully saturated rings. The second-order valence-corrected chi connectivity index (χ2v) is 3.41. The predicted octanol–water partition coefficient (Wildman–Crippen LogP) is 1.65. The van der Waals surface area contributed by atoms with Gasteiger partial charge in [0.05, 0.1) is 0 Å². The molecule has 17 heavy (non-hydrogen) atoms. The first-order valence-corrected chi connectivity index (χ1v) is 5.17. The molecule has 0 radical (unpaired) electrons. The summed E-state index contributed by atoms with van der Waals surface area (Å²) in [5.74, 6) is 0.801. The van der Waals surface area contributed by atoms with E-state index in [4.69, 9.17) is 10.5 Å². The van der Waals surface area contributed by atoms with Gasteiger partial charge in [-0.25, -0.2) is 14.4 Å². The maximum atomic E-state index is 13.0. The van der Waals surface area contributed by atoms with Crippen LogP contribution in [0.1, 0.15) is 11.4 Å². The topological polar surface area (TPSA) is 61.0 Å². The quantitative estimate of drug-likeness (QED) is 0.872. The molecule has 0 saturated carbocycles. The summed E-state index contributed by atoms with van der Waals surface area (Å²) >= 11 is 0. The number of aromatic nitrogens is 2. The van der Waals surface area contributed by atoms with Gasteiger partial charge in [-0.15, -0.1) is 0 Å². The number of benzene rings is 1. The molecule has 0 spiro atoms. The lowest BCUT2D eigenvalue weighted by molar-refractivity contribution is 0.292. The Kier molecular flexibility index (Phi) is 3.62. The minimum absolute atomic E-state index is 0.225. The van der Waals surface area contributed by atoms with E-state index in [-0.39, 0.29) is 19.0 Å². The van der Waals surface area contributed by atoms with Crippen molar-refractivity contribution in [3.63, 3.8) is 0 Å². The molecule has 0 aliphatic carbocycles. The molecule has 0 saturated heterocycles. The summed E-state index contributed by atoms with van der Waals surface area (Å²) in [7, 11) is 0. The number of nitrogens with two attached hydrogens (primary N) is 1. The van der Waals surface area contributed by atoms with Crippen molar-refractivity contribution >= 4 is 0 Å². The first kappa shape index (κ1) is 11.5. The maximum Gasteiger partial charge on any atom is 0.166 e. The van der Waals surface area contributed by atoms with Crippen LogP contribution in [0.5, 0.6) is 5.75 Å². The van der Waals surface area contributed by atoms with E-state index in [2.05, 4.69) is 9.97 Å². The molecular weight excluding hydrogens is 221 g/mol. The molecule has 1 aromatic carbocycles. The lowest BCUT2D eigenvalue weighted by atomic mass is 10.2. The van der Waals surface area contributed by atoms with Gasteiger partial charge in [-0.05, 0) is 24.3 Å². The maximum absolute atomic E-state index is 13.0. The molecule has 0 unspecified atom stereocenters. The van der Waals surface area contributed by atoms with E-state index in [1.807, 2.05) is 0 Å². The Hall–Kier alpha value is -2.01. The van der Waals surface area contributed by atoms with Crippen LogP contribution in [0, 0.1) is 5.82 Å². The Morgan fingerprint density at radius 3 is 2.71 bits per heavy atom. The van der Waals surface area contributed by atoms with E-state index >= 15 is 0 Å². The van der Waals surface area contributed by atoms with Crippen molar-refractivity contribution < 1.29 is 9.13 Å². The van der Waals surface area contributed by atoms with E-state index in [1.54, 1.807) is 24.5 Å². The summed E-state index contributed by atoms with van der Waals surface area (Å²) in [6.07, 6.45) is 3.28. The summed E-state index contributed by atoms with van der Waals surface area (Å²) in [6, 6.07) is 5.98. The van der Waals surface area contributed by atoms with Gasteiger partial charge in [0.15, 0.2) is 5.82 Å². The molecule has 2 N–H and O–H groups in total. The highest BCUT2D eigenvalue weighted by atomic mass is 19.1. The monoisotopic (exact) mass is 233 g/mol. The smallest absolute Gasteiger partial charge is 0.166 e. The number of nitrogens with zero attached hydrogens (tertiary/aromatic N) is 2. The molecule has 0 bridgehead atoms. The van der Waals surface area contributed by atoms with Gasteiger partial charge < -0.3 is 10.5 Å². The highest BCUT2D eigenvalue weighted by Crippen LogP contribution is 2.19. The SMILES string of the molecule is NCc1cc(F)ccc1OCc1ncccn1. The summed E-state index contributed by atoms with van der Waals surface area (Å²) in [6.45, 7) is 0.461. The molecular formula is C12H12FN3O. The van der Waals surface area contributed by atoms with Gasteiger partial charge in [-0.1, -0.05) is 0 Å². The largest absolute Gasteiger partial charge is 0.485 e. The summed E-state index contributed by atoms with van der Waals surface area (Å²) in [4.78, 5) is 8.05. The van der Waals surface area contributed by atoms with E-state index in [0.717, 1.165) is 0 Å². The molecule has 2 rings (SSSR count). The predicted molar refractivity (Wildman–Crippen MR) is 60.7 cm³/mol. The van der Waals surface area contributed by atoms with Crippen molar-refractivity contribution in [2.24, 2.45) is 5.73 Å². The zero-order valence-corrected chi connectivity index (χ0v) is 9.14. The van der Waals surface area contributed by atoms with Crippen molar-refractivity contribution in [2.75, 3.05) is 0 Å². The number of hydrogen-bond donors (Lipinski definition) is 1. The molecule has 0 aliphatic heterocycles. The number of ether oxygens (including phenoxy) is 1. The zero-order chi connectivity index (χ0) is 12.1. The zero-order valence-electron chi connectivity index (χ0n) is 9.14. The van der Waals surface area contributed by atoms with Gasteiger partial charge >= 0.3 is 0 Å². The fraction of sp³-hybridized carbons (Fsp3) is 0.167. The average molecular weight is 233 g/mol. The van der Waals surface area contributed by atoms with Crippen LogP contribution >= 0.6 is 0 Å². The van der Waals surface area contributed by atoms with Gasteiger partial charge in [0.1, 0.15) is 18.2 Å². The Balaban J connectivity index is 2.09. The molecule has 88 valence electrons. The van der Waals surface area contributed by atoms with Gasteiger partial charge in [0.25, 0.3) is 0 Å². The highest BCUT2D eigenvalue weighted by molar-refractivity contribution is 5.33. The van der Waals surface area contributed by atoms with Crippen molar-refractivity contribution in [1.29, 1.82) is 0 Å². The van der Waals surface area contributed by atoms with Crippen LogP contribution in [-0.4, -0.2) is 9.97 Å². The Labute approximate surface area is 98.3 Å². The molecule has 1 aromatic heterocycles. The third-order valence-electron chi connectivity index (χ3n) is 2.22. The second kappa shape index (κ2) is 5.36. The van der Waals surface area contributed by atoms with Gasteiger partial charge in [0, 0.05) is 24.5 Å². The summed E-state index contributed by atoms with van der Waals surface area (Å²) in [5, 5.41) is 0. The van der Waals surface area contributed by atoms with Crippen LogP contribution in [0.4, 0.5) is 4.39 Å². The standard InChI is InChI=1S/C12H12FN3O/c13-10-2-3-11(9(6-10)7-14)17-8-12-15-4-1-5-16-12/h1-6H,7-8,14H2. The Bertz CT molecular complexity index is 490. The van der Waals surface area contributed by atoms with Crippen molar-refractivity contribution in [3.8, 4) is 5.75 Å². The van der Waals surface area contributed by atoms with E-state index in [9.17, 15) is 4.39 Å². The molecule has 1 heterocycles. The number of rotatable bonds is 4. The number of halogens is 1. The Morgan fingerprint density at radius 1 is 1.24 bits per heavy atom. The van der Waals surface area contributed by atoms with Crippen LogP contribution in [-0.2, 0) is 13.2 Å². The molecule has 0 atom stereocenters. The van der Waals surface area contributed by atoms with Crippen LogP contribution in [0.2, 0.25) is 0 Å². The van der Waals surface area contributed by atoms with Crippen LogP contribution in [0.3, 0.4) is 0 Å². The van der Waals surface area contributed by atoms with Crippen LogP contribution in [0.15, 0.2) is 36.7 Å². The first-order valence-electron chi connectivity index (χ1n) is 5.17. The third kappa shape index (κ3) is 2.98. The van der Waals surface area contributed by atoms with Gasteiger partial charge in [0.2, 0.25) is 0 Å². The first-order chi connectivity index (χ1) is 8.29. The fourth-order valence-corrected chi connectivity index (χ4v) is 1.40. The average Bonchev–Trinajstić information content (AvgIpc) is 2.38. The normalized spacial score (nSPS) is 10.2. The van der Waals surface area contributed by atoms with E-state index in [1.165, 1.54) is 12.1 Å². The molecule has 4 nitrogen and oxygen atoms in total. The molecule has 0 amide bonds. The minimum atomic E-state index is -0.325. The molecule has 5 heteroatoms. The van der Waals surface area contributed by atoms with Crippen LogP contribution in [0.25, 0.3) is 0 Å². The van der Waals surface area contributed by atoms with Crippen LogP contribution < -0.4 is 10.5 Å². The number of hydrogen-bond acceptors (Lipinski definition) is 4. The summed E-state index contributed by atoms with van der Waals surface area (Å²) in [5.41, 5.74) is 6.14. The molecule has 0 aliphatic rings. The van der Waals surface area contributed by atoms with Gasteiger partial charge in [-0.2, -0.15) is 0 Å². The van der Waals surface area contributed by atoms with Crippen molar-refractivity contribution in [2.45, 2.75) is 13.2 Å². The Morgan fingerprint density at radius 2 is 2.00 bits per heavy atom. The highest BCUT2D eigenvalue weighted by Gasteiger charge is 2.05. The van der Waals surface area contributed by atoms with E-state index in [0.29, 0.717) is 17.1 Å². The molecule has 2 aromatic rings. The van der Waals surface area contributed by atoms with Crippen molar-refractivity contribution in [1.82, 2.24) is 9.97 Å². The minimum Gasteiger partial charge on any atom is -0.485 e. The summed E-state index contributed by atoms with van der Waals surface area (Å²) < 4.78 is 18.5. The third-order valence-corrected chi connectivity index (χ3v) is 2.22. The lowest BCUT2D eigenvalue weighted by Crippen LogP contribution is -2.05.